The van der Waals surface area contributed by atoms with Crippen LogP contribution in [0.4, 0.5) is 14.5 Å². The predicted molar refractivity (Wildman–Crippen MR) is 85.3 cm³/mol. The smallest absolute Gasteiger partial charge is 0.288 e. The Morgan fingerprint density at radius 2 is 1.91 bits per heavy atom. The molecule has 1 heterocycles. The van der Waals surface area contributed by atoms with Crippen LogP contribution in [0.5, 0.6) is 0 Å². The topological polar surface area (TPSA) is 51.1 Å². The summed E-state index contributed by atoms with van der Waals surface area (Å²) < 4.78 is 26.4. The number of rotatable bonds is 5. The third kappa shape index (κ3) is 4.96. The first-order valence-corrected chi connectivity index (χ1v) is 7.82. The second kappa shape index (κ2) is 7.55. The molecule has 0 unspecified atom stereocenters. The Balaban J connectivity index is 2.00. The molecule has 0 fully saturated rings. The van der Waals surface area contributed by atoms with Gasteiger partial charge >= 0.3 is 0 Å². The summed E-state index contributed by atoms with van der Waals surface area (Å²) in [7, 11) is 0. The number of carbonyl (C=O) groups is 1. The molecule has 4 nitrogen and oxygen atoms in total. The van der Waals surface area contributed by atoms with Crippen molar-refractivity contribution in [2.45, 2.75) is 17.2 Å². The van der Waals surface area contributed by atoms with Crippen molar-refractivity contribution in [1.82, 2.24) is 4.57 Å². The van der Waals surface area contributed by atoms with E-state index >= 15 is 0 Å². The van der Waals surface area contributed by atoms with Crippen molar-refractivity contribution in [3.8, 4) is 0 Å². The number of anilines is 1. The predicted octanol–water partition coefficient (Wildman–Crippen LogP) is 3.56. The van der Waals surface area contributed by atoms with Crippen LogP contribution in [-0.4, -0.2) is 16.2 Å². The summed E-state index contributed by atoms with van der Waals surface area (Å²) in [4.78, 5) is 23.9. The number of carbonyl (C=O) groups excluding carboxylic acids is 1. The van der Waals surface area contributed by atoms with Gasteiger partial charge in [0.25, 0.3) is 11.3 Å². The molecule has 0 saturated carbocycles. The molecule has 0 spiro atoms. The van der Waals surface area contributed by atoms with E-state index in [0.717, 1.165) is 0 Å². The molecule has 2 rings (SSSR count). The molecule has 1 amide bonds. The summed E-state index contributed by atoms with van der Waals surface area (Å²) in [5.41, 5.74) is 0.189. The van der Waals surface area contributed by atoms with Gasteiger partial charge in [0.05, 0.1) is 0 Å². The Hall–Kier alpha value is -1.67. The lowest BCUT2D eigenvalue weighted by Gasteiger charge is -2.08. The maximum atomic E-state index is 12.2. The van der Waals surface area contributed by atoms with Crippen molar-refractivity contribution in [2.75, 3.05) is 5.32 Å². The number of hydrogen-bond donors (Lipinski definition) is 1. The molecule has 116 valence electrons. The highest BCUT2D eigenvalue weighted by Crippen LogP contribution is 2.26. The molecular weight excluding hydrogens is 378 g/mol. The van der Waals surface area contributed by atoms with Crippen molar-refractivity contribution >= 4 is 39.3 Å². The fourth-order valence-electron chi connectivity index (χ4n) is 1.70. The Bertz CT molecular complexity index is 720. The highest BCUT2D eigenvalue weighted by Gasteiger charge is 2.07. The van der Waals surface area contributed by atoms with E-state index in [1.54, 1.807) is 6.07 Å². The molecule has 0 aliphatic carbocycles. The van der Waals surface area contributed by atoms with Crippen LogP contribution in [0.1, 0.15) is 0 Å². The zero-order valence-corrected chi connectivity index (χ0v) is 13.5. The average molecular weight is 389 g/mol. The summed E-state index contributed by atoms with van der Waals surface area (Å²) >= 11 is 3.66. The quantitative estimate of drug-likeness (QED) is 0.796. The third-order valence-electron chi connectivity index (χ3n) is 2.62. The summed E-state index contributed by atoms with van der Waals surface area (Å²) in [5.74, 6) is -2.86. The van der Waals surface area contributed by atoms with E-state index in [4.69, 9.17) is 0 Å². The van der Waals surface area contributed by atoms with Crippen LogP contribution in [0.2, 0.25) is 0 Å². The lowest BCUT2D eigenvalue weighted by molar-refractivity contribution is -0.116. The van der Waals surface area contributed by atoms with Crippen LogP contribution in [-0.2, 0) is 11.3 Å². The van der Waals surface area contributed by atoms with Gasteiger partial charge in [-0.2, -0.15) is 8.78 Å². The first kappa shape index (κ1) is 16.7. The van der Waals surface area contributed by atoms with E-state index in [2.05, 4.69) is 21.2 Å². The number of nitrogens with zero attached hydrogens (tertiary/aromatic N) is 1. The first-order valence-electron chi connectivity index (χ1n) is 6.15. The minimum Gasteiger partial charge on any atom is -0.325 e. The van der Waals surface area contributed by atoms with Crippen LogP contribution in [0.25, 0.3) is 0 Å². The molecule has 1 aromatic heterocycles. The number of alkyl halides is 2. The van der Waals surface area contributed by atoms with Crippen LogP contribution >= 0.6 is 27.7 Å². The van der Waals surface area contributed by atoms with Gasteiger partial charge in [-0.3, -0.25) is 9.59 Å². The molecule has 0 aliphatic rings. The fourth-order valence-corrected chi connectivity index (χ4v) is 2.58. The Kier molecular flexibility index (Phi) is 5.73. The molecule has 8 heteroatoms. The number of aromatic nitrogens is 1. The summed E-state index contributed by atoms with van der Waals surface area (Å²) in [6, 6.07) is 9.01. The van der Waals surface area contributed by atoms with Gasteiger partial charge in [0.1, 0.15) is 6.54 Å². The van der Waals surface area contributed by atoms with Gasteiger partial charge in [-0.25, -0.2) is 0 Å². The van der Waals surface area contributed by atoms with Gasteiger partial charge < -0.3 is 9.88 Å². The van der Waals surface area contributed by atoms with E-state index in [9.17, 15) is 18.4 Å². The van der Waals surface area contributed by atoms with E-state index in [0.29, 0.717) is 26.8 Å². The lowest BCUT2D eigenvalue weighted by Crippen LogP contribution is -2.26. The SMILES string of the molecule is O=C(Cn1cc(Br)ccc1=O)Nc1ccc(SC(F)F)cc1. The van der Waals surface area contributed by atoms with Crippen LogP contribution in [0, 0.1) is 0 Å². The van der Waals surface area contributed by atoms with Crippen molar-refractivity contribution < 1.29 is 13.6 Å². The maximum absolute atomic E-state index is 12.2. The average Bonchev–Trinajstić information content (AvgIpc) is 2.44. The number of halogens is 3. The molecule has 2 aromatic rings. The minimum absolute atomic E-state index is 0.133. The van der Waals surface area contributed by atoms with Gasteiger partial charge in [0, 0.05) is 27.3 Å². The van der Waals surface area contributed by atoms with Crippen molar-refractivity contribution in [1.29, 1.82) is 0 Å². The highest BCUT2D eigenvalue weighted by atomic mass is 79.9. The molecule has 0 saturated heterocycles. The zero-order valence-electron chi connectivity index (χ0n) is 11.1. The standard InChI is InChI=1S/C14H11BrF2N2O2S/c15-9-1-6-13(21)19(7-9)8-12(20)18-10-2-4-11(5-3-10)22-14(16)17/h1-7,14H,8H2,(H,18,20). The van der Waals surface area contributed by atoms with Crippen LogP contribution < -0.4 is 10.9 Å². The van der Waals surface area contributed by atoms with Crippen molar-refractivity contribution in [2.24, 2.45) is 0 Å². The number of amides is 1. The van der Waals surface area contributed by atoms with E-state index in [-0.39, 0.29) is 18.0 Å². The van der Waals surface area contributed by atoms with Gasteiger partial charge in [0.2, 0.25) is 5.91 Å². The van der Waals surface area contributed by atoms with Gasteiger partial charge in [-0.1, -0.05) is 11.8 Å². The van der Waals surface area contributed by atoms with Gasteiger partial charge in [0.15, 0.2) is 0 Å². The summed E-state index contributed by atoms with van der Waals surface area (Å²) in [6.45, 7) is -0.133. The minimum atomic E-state index is -2.48. The largest absolute Gasteiger partial charge is 0.325 e. The number of pyridine rings is 1. The maximum Gasteiger partial charge on any atom is 0.288 e. The van der Waals surface area contributed by atoms with Crippen molar-refractivity contribution in [3.63, 3.8) is 0 Å². The van der Waals surface area contributed by atoms with E-state index in [1.165, 1.54) is 41.1 Å². The van der Waals surface area contributed by atoms with Gasteiger partial charge in [-0.05, 0) is 46.3 Å². The normalized spacial score (nSPS) is 10.7. The van der Waals surface area contributed by atoms with Crippen LogP contribution in [0.3, 0.4) is 0 Å². The summed E-state index contributed by atoms with van der Waals surface area (Å²) in [6.07, 6.45) is 1.52. The number of benzene rings is 1. The molecule has 0 aliphatic heterocycles. The molecule has 1 aromatic carbocycles. The first-order chi connectivity index (χ1) is 10.4. The third-order valence-corrected chi connectivity index (χ3v) is 3.82. The molecule has 22 heavy (non-hydrogen) atoms. The number of hydrogen-bond acceptors (Lipinski definition) is 3. The number of thioether (sulfide) groups is 1. The molecule has 0 radical (unpaired) electrons. The molecular formula is C14H11BrF2N2O2S. The monoisotopic (exact) mass is 388 g/mol. The lowest BCUT2D eigenvalue weighted by atomic mass is 10.3. The second-order valence-electron chi connectivity index (χ2n) is 4.26. The van der Waals surface area contributed by atoms with E-state index in [1.807, 2.05) is 0 Å². The second-order valence-corrected chi connectivity index (χ2v) is 6.24. The van der Waals surface area contributed by atoms with Crippen molar-refractivity contribution in [3.05, 3.63) is 57.4 Å². The fraction of sp³-hybridized carbons (Fsp3) is 0.143. The Morgan fingerprint density at radius 3 is 2.55 bits per heavy atom. The van der Waals surface area contributed by atoms with Gasteiger partial charge in [-0.15, -0.1) is 0 Å². The molecule has 1 N–H and O–H groups in total. The Labute approximate surface area is 137 Å². The van der Waals surface area contributed by atoms with Crippen LogP contribution in [0.15, 0.2) is 56.8 Å². The van der Waals surface area contributed by atoms with E-state index < -0.39 is 5.76 Å². The Morgan fingerprint density at radius 1 is 1.23 bits per heavy atom. The number of nitrogens with one attached hydrogen (secondary N) is 1. The molecule has 0 atom stereocenters. The zero-order chi connectivity index (χ0) is 16.1. The highest BCUT2D eigenvalue weighted by molar-refractivity contribution is 9.10. The summed E-state index contributed by atoms with van der Waals surface area (Å²) in [5, 5.41) is 2.61. The molecule has 0 bridgehead atoms.